The second kappa shape index (κ2) is 27.5. The molecule has 500 valence electrons. The van der Waals surface area contributed by atoms with Crippen LogP contribution in [0.4, 0.5) is 11.4 Å². The van der Waals surface area contributed by atoms with Crippen molar-refractivity contribution in [2.75, 3.05) is 0 Å². The van der Waals surface area contributed by atoms with Gasteiger partial charge in [0.05, 0.1) is 13.1 Å². The van der Waals surface area contributed by atoms with Gasteiger partial charge in [-0.1, -0.05) is 325 Å². The number of rotatable bonds is 12. The molecular formula is C98H68N8. The summed E-state index contributed by atoms with van der Waals surface area (Å²) in [6.45, 7) is 24.1. The summed E-state index contributed by atoms with van der Waals surface area (Å²) in [5, 5.41) is 0. The number of fused-ring (bicyclic) bond motifs is 6. The molecule has 106 heavy (non-hydrogen) atoms. The predicted molar refractivity (Wildman–Crippen MR) is 433 cm³/mol. The molecule has 0 saturated carbocycles. The highest BCUT2D eigenvalue weighted by molar-refractivity contribution is 5.89. The lowest BCUT2D eigenvalue weighted by Crippen LogP contribution is -2.14. The molecular weight excluding hydrogens is 1290 g/mol. The molecule has 0 fully saturated rings. The Morgan fingerprint density at radius 2 is 0.415 bits per heavy atom. The van der Waals surface area contributed by atoms with E-state index in [0.29, 0.717) is 46.3 Å². The Bertz CT molecular complexity index is 5930. The van der Waals surface area contributed by atoms with Gasteiger partial charge < -0.3 is 0 Å². The molecule has 0 spiro atoms. The summed E-state index contributed by atoms with van der Waals surface area (Å²) in [7, 11) is 0. The summed E-state index contributed by atoms with van der Waals surface area (Å²) in [5.74, 6) is 3.74. The van der Waals surface area contributed by atoms with Gasteiger partial charge in [0.2, 0.25) is 0 Å². The van der Waals surface area contributed by atoms with Crippen LogP contribution >= 0.6 is 0 Å². The van der Waals surface area contributed by atoms with Crippen molar-refractivity contribution in [3.63, 3.8) is 0 Å². The van der Waals surface area contributed by atoms with Crippen LogP contribution in [0.15, 0.2) is 340 Å². The van der Waals surface area contributed by atoms with Gasteiger partial charge in [-0.2, -0.15) is 0 Å². The lowest BCUT2D eigenvalue weighted by molar-refractivity contribution is 0.660. The third kappa shape index (κ3) is 12.6. The average molecular weight is 1360 g/mol. The van der Waals surface area contributed by atoms with E-state index in [1.807, 2.05) is 78.9 Å². The smallest absolute Gasteiger partial charge is 0.187 e. The molecule has 0 N–H and O–H groups in total. The van der Waals surface area contributed by atoms with E-state index in [1.165, 1.54) is 44.5 Å². The van der Waals surface area contributed by atoms with Crippen LogP contribution in [0.3, 0.4) is 0 Å². The predicted octanol–water partition coefficient (Wildman–Crippen LogP) is 25.5. The van der Waals surface area contributed by atoms with Crippen LogP contribution in [-0.2, 0) is 10.8 Å². The molecule has 0 amide bonds. The minimum atomic E-state index is -0.158. The first kappa shape index (κ1) is 65.4. The van der Waals surface area contributed by atoms with E-state index < -0.39 is 0 Å². The van der Waals surface area contributed by atoms with Crippen molar-refractivity contribution < 1.29 is 0 Å². The molecule has 2 aliphatic carbocycles. The molecule has 18 rings (SSSR count). The summed E-state index contributed by atoms with van der Waals surface area (Å²) in [6.07, 6.45) is 0. The van der Waals surface area contributed by atoms with Gasteiger partial charge in [-0.25, -0.2) is 39.6 Å². The molecule has 0 unspecified atom stereocenters. The van der Waals surface area contributed by atoms with Gasteiger partial charge in [0.1, 0.15) is 0 Å². The monoisotopic (exact) mass is 1360 g/mol. The number of aromatic nitrogens is 6. The fourth-order valence-electron chi connectivity index (χ4n) is 15.0. The van der Waals surface area contributed by atoms with Crippen LogP contribution in [-0.4, -0.2) is 29.9 Å². The third-order valence-corrected chi connectivity index (χ3v) is 20.7. The van der Waals surface area contributed by atoms with Crippen molar-refractivity contribution in [3.8, 4) is 157 Å². The SMILES string of the molecule is [C-]#[N+]c1ccc2c(c1)-c1ccc(-c3ccc(-c4nc(-c5ccc(-c6ccccc6)cc5)nc(-c5ccc(-c6ccccc6)cc5)n4)cc3)cc1C2(C)C.[C-]#[N+]c1ccc2c(c1)-c1ccc(-c3ccc(-c4nc(-c5ccccc5)nc(-c5cc(-c6ccccc6)cc(-c6ccccc6)c5)n4)cc3)cc1C2(C)C. The number of hydrogen-bond acceptors (Lipinski definition) is 6. The van der Waals surface area contributed by atoms with Gasteiger partial charge in [-0.05, 0) is 154 Å². The average Bonchev–Trinajstić information content (AvgIpc) is 1.58. The summed E-state index contributed by atoms with van der Waals surface area (Å²) < 4.78 is 0. The van der Waals surface area contributed by atoms with Crippen molar-refractivity contribution in [1.29, 1.82) is 0 Å². The van der Waals surface area contributed by atoms with Gasteiger partial charge in [0.15, 0.2) is 46.3 Å². The Labute approximate surface area is 618 Å². The van der Waals surface area contributed by atoms with Gasteiger partial charge in [-0.15, -0.1) is 0 Å². The summed E-state index contributed by atoms with van der Waals surface area (Å²) in [6, 6.07) is 118. The third-order valence-electron chi connectivity index (χ3n) is 20.7. The second-order valence-electron chi connectivity index (χ2n) is 28.0. The largest absolute Gasteiger partial charge is 0.238 e. The summed E-state index contributed by atoms with van der Waals surface area (Å²) in [4.78, 5) is 37.6. The Hall–Kier alpha value is -13.9. The van der Waals surface area contributed by atoms with E-state index in [0.717, 1.165) is 100 Å². The molecule has 8 nitrogen and oxygen atoms in total. The molecule has 8 heteroatoms. The normalized spacial score (nSPS) is 12.5. The highest BCUT2D eigenvalue weighted by Crippen LogP contribution is 2.53. The fourth-order valence-corrected chi connectivity index (χ4v) is 15.0. The first-order valence-electron chi connectivity index (χ1n) is 35.6. The molecule has 16 aromatic rings. The highest BCUT2D eigenvalue weighted by Gasteiger charge is 2.37. The van der Waals surface area contributed by atoms with E-state index in [-0.39, 0.29) is 10.8 Å². The molecule has 14 aromatic carbocycles. The quantitative estimate of drug-likeness (QED) is 0.113. The topological polar surface area (TPSA) is 86.1 Å². The first-order chi connectivity index (χ1) is 51.9. The van der Waals surface area contributed by atoms with Crippen LogP contribution in [0.1, 0.15) is 49.9 Å². The zero-order valence-corrected chi connectivity index (χ0v) is 58.9. The van der Waals surface area contributed by atoms with E-state index in [2.05, 4.69) is 298 Å². The van der Waals surface area contributed by atoms with E-state index in [1.54, 1.807) is 0 Å². The number of nitrogens with zero attached hydrogens (tertiary/aromatic N) is 8. The maximum atomic E-state index is 7.52. The first-order valence-corrected chi connectivity index (χ1v) is 35.6. The van der Waals surface area contributed by atoms with Crippen LogP contribution in [0, 0.1) is 13.1 Å². The standard InChI is InChI=1S/2C49H34N4/c1-49(2)44-26-24-41(50-3)31-43(44)42-25-23-37(30-45(42)49)34-19-21-36(22-20-34)47-51-46(35-17-11-6-12-18-35)52-48(53-47)40-28-38(32-13-7-4-8-14-32)27-39(29-40)33-15-9-5-10-16-33;1-49(2)44-29-27-41(50-3)31-43(44)42-28-26-40(30-45(42)49)36-18-24-39(25-19-36)48-52-46(37-20-14-34(15-21-37)32-10-6-4-7-11-32)51-47(53-48)38-22-16-35(17-23-38)33-12-8-5-9-13-33/h2*4-31H,1-2H3. The molecule has 2 aliphatic rings. The lowest BCUT2D eigenvalue weighted by atomic mass is 9.81. The summed E-state index contributed by atoms with van der Waals surface area (Å²) in [5.41, 5.74) is 30.0. The van der Waals surface area contributed by atoms with Crippen molar-refractivity contribution in [2.24, 2.45) is 0 Å². The minimum absolute atomic E-state index is 0.155. The highest BCUT2D eigenvalue weighted by atomic mass is 15.0. The number of benzene rings is 14. The van der Waals surface area contributed by atoms with Crippen molar-refractivity contribution in [3.05, 3.63) is 385 Å². The van der Waals surface area contributed by atoms with Crippen molar-refractivity contribution >= 4 is 11.4 Å². The maximum Gasteiger partial charge on any atom is 0.187 e. The Morgan fingerprint density at radius 1 is 0.189 bits per heavy atom. The Kier molecular flexibility index (Phi) is 16.9. The Balaban J connectivity index is 0.000000156. The minimum Gasteiger partial charge on any atom is -0.238 e. The van der Waals surface area contributed by atoms with Crippen molar-refractivity contribution in [1.82, 2.24) is 29.9 Å². The summed E-state index contributed by atoms with van der Waals surface area (Å²) >= 11 is 0. The molecule has 2 aromatic heterocycles. The zero-order valence-electron chi connectivity index (χ0n) is 58.9. The van der Waals surface area contributed by atoms with E-state index in [9.17, 15) is 0 Å². The molecule has 2 heterocycles. The Morgan fingerprint density at radius 3 is 0.717 bits per heavy atom. The molecule has 0 bridgehead atoms. The number of hydrogen-bond donors (Lipinski definition) is 0. The lowest BCUT2D eigenvalue weighted by Gasteiger charge is -2.22. The maximum absolute atomic E-state index is 7.52. The van der Waals surface area contributed by atoms with Gasteiger partial charge in [0.25, 0.3) is 0 Å². The molecule has 0 atom stereocenters. The van der Waals surface area contributed by atoms with Crippen LogP contribution in [0.5, 0.6) is 0 Å². The van der Waals surface area contributed by atoms with Crippen LogP contribution in [0.2, 0.25) is 0 Å². The molecule has 0 aliphatic heterocycles. The van der Waals surface area contributed by atoms with E-state index >= 15 is 0 Å². The van der Waals surface area contributed by atoms with Crippen molar-refractivity contribution in [2.45, 2.75) is 38.5 Å². The van der Waals surface area contributed by atoms with Gasteiger partial charge in [0, 0.05) is 44.2 Å². The second-order valence-corrected chi connectivity index (χ2v) is 28.0. The van der Waals surface area contributed by atoms with Crippen LogP contribution in [0.25, 0.3) is 167 Å². The molecule has 0 saturated heterocycles. The van der Waals surface area contributed by atoms with Gasteiger partial charge >= 0.3 is 0 Å². The fraction of sp³-hybridized carbons (Fsp3) is 0.0612. The van der Waals surface area contributed by atoms with E-state index in [4.69, 9.17) is 43.0 Å². The zero-order chi connectivity index (χ0) is 71.9. The van der Waals surface area contributed by atoms with Crippen LogP contribution < -0.4 is 0 Å². The van der Waals surface area contributed by atoms with Gasteiger partial charge in [-0.3, -0.25) is 0 Å². The molecule has 0 radical (unpaired) electrons.